The Morgan fingerprint density at radius 2 is 2.12 bits per heavy atom. The van der Waals surface area contributed by atoms with E-state index in [4.69, 9.17) is 0 Å². The third-order valence-corrected chi connectivity index (χ3v) is 3.76. The lowest BCUT2D eigenvalue weighted by Crippen LogP contribution is -2.20. The summed E-state index contributed by atoms with van der Waals surface area (Å²) in [6.07, 6.45) is 1.27. The third kappa shape index (κ3) is 5.31. The van der Waals surface area contributed by atoms with Crippen molar-refractivity contribution in [3.63, 3.8) is 0 Å². The van der Waals surface area contributed by atoms with Gasteiger partial charge in [0.15, 0.2) is 5.16 Å². The van der Waals surface area contributed by atoms with Crippen LogP contribution in [0.2, 0.25) is 0 Å². The van der Waals surface area contributed by atoms with Crippen LogP contribution in [0.4, 0.5) is 10.2 Å². The highest BCUT2D eigenvalue weighted by molar-refractivity contribution is 7.99. The Labute approximate surface area is 144 Å². The molecule has 2 aromatic rings. The lowest BCUT2D eigenvalue weighted by molar-refractivity contribution is -0.118. The van der Waals surface area contributed by atoms with Gasteiger partial charge in [-0.3, -0.25) is 4.79 Å². The van der Waals surface area contributed by atoms with Crippen molar-refractivity contribution >= 4 is 29.7 Å². The zero-order valence-corrected chi connectivity index (χ0v) is 14.5. The van der Waals surface area contributed by atoms with Crippen LogP contribution in [0.25, 0.3) is 0 Å². The van der Waals surface area contributed by atoms with Crippen molar-refractivity contribution in [2.24, 2.45) is 5.10 Å². The van der Waals surface area contributed by atoms with Gasteiger partial charge in [0.05, 0.1) is 12.0 Å². The molecule has 0 atom stereocenters. The van der Waals surface area contributed by atoms with Crippen molar-refractivity contribution in [2.45, 2.75) is 12.1 Å². The number of benzene rings is 1. The van der Waals surface area contributed by atoms with Crippen LogP contribution in [0.3, 0.4) is 0 Å². The maximum Gasteiger partial charge on any atom is 0.250 e. The predicted octanol–water partition coefficient (Wildman–Crippen LogP) is 2.23. The number of carbonyl (C=O) groups excluding carboxylic acids is 1. The maximum absolute atomic E-state index is 13.4. The number of amides is 1. The van der Waals surface area contributed by atoms with Gasteiger partial charge in [0.25, 0.3) is 5.91 Å². The summed E-state index contributed by atoms with van der Waals surface area (Å²) in [5.41, 5.74) is 3.49. The Morgan fingerprint density at radius 1 is 1.38 bits per heavy atom. The molecule has 1 amide bonds. The molecule has 0 aliphatic carbocycles. The fraction of sp³-hybridized carbons (Fsp3) is 0.250. The molecule has 0 aliphatic heterocycles. The van der Waals surface area contributed by atoms with Crippen LogP contribution in [0.1, 0.15) is 11.3 Å². The largest absolute Gasteiger partial charge is 0.363 e. The number of nitrogens with zero attached hydrogens (tertiary/aromatic N) is 4. The van der Waals surface area contributed by atoms with Gasteiger partial charge in [-0.05, 0) is 13.0 Å². The number of aromatic nitrogens is 2. The first-order valence-corrected chi connectivity index (χ1v) is 8.16. The predicted molar refractivity (Wildman–Crippen MR) is 94.0 cm³/mol. The Balaban J connectivity index is 1.88. The maximum atomic E-state index is 13.4. The van der Waals surface area contributed by atoms with E-state index in [-0.39, 0.29) is 11.7 Å². The van der Waals surface area contributed by atoms with Crippen molar-refractivity contribution in [1.82, 2.24) is 15.4 Å². The minimum Gasteiger partial charge on any atom is -0.363 e. The Bertz CT molecular complexity index is 751. The molecule has 1 aromatic heterocycles. The van der Waals surface area contributed by atoms with E-state index < -0.39 is 5.82 Å². The molecule has 6 nitrogen and oxygen atoms in total. The fourth-order valence-corrected chi connectivity index (χ4v) is 2.43. The van der Waals surface area contributed by atoms with E-state index in [2.05, 4.69) is 20.5 Å². The molecule has 0 saturated heterocycles. The molecule has 1 heterocycles. The Hall–Kier alpha value is -2.48. The van der Waals surface area contributed by atoms with Crippen molar-refractivity contribution in [2.75, 3.05) is 24.7 Å². The normalized spacial score (nSPS) is 10.8. The number of halogens is 1. The SMILES string of the molecule is Cc1cc(N(C)C)nc(SCC(=O)NN=Cc2ccccc2F)n1. The molecule has 0 saturated carbocycles. The molecule has 1 aromatic carbocycles. The van der Waals surface area contributed by atoms with Gasteiger partial charge >= 0.3 is 0 Å². The number of hydrogen-bond acceptors (Lipinski definition) is 6. The summed E-state index contributed by atoms with van der Waals surface area (Å²) in [5, 5.41) is 4.27. The first-order chi connectivity index (χ1) is 11.5. The number of anilines is 1. The highest BCUT2D eigenvalue weighted by Crippen LogP contribution is 2.17. The summed E-state index contributed by atoms with van der Waals surface area (Å²) in [4.78, 5) is 22.3. The van der Waals surface area contributed by atoms with Crippen molar-refractivity contribution in [3.05, 3.63) is 47.4 Å². The number of rotatable bonds is 6. The second-order valence-corrected chi connectivity index (χ2v) is 6.09. The third-order valence-electron chi connectivity index (χ3n) is 2.91. The summed E-state index contributed by atoms with van der Waals surface area (Å²) in [7, 11) is 3.78. The van der Waals surface area contributed by atoms with E-state index in [1.807, 2.05) is 32.0 Å². The monoisotopic (exact) mass is 347 g/mol. The van der Waals surface area contributed by atoms with E-state index >= 15 is 0 Å². The van der Waals surface area contributed by atoms with Gasteiger partial charge in [-0.25, -0.2) is 19.8 Å². The Morgan fingerprint density at radius 3 is 2.83 bits per heavy atom. The van der Waals surface area contributed by atoms with Gasteiger partial charge in [0.1, 0.15) is 11.6 Å². The number of hydrazone groups is 1. The van der Waals surface area contributed by atoms with Crippen molar-refractivity contribution in [3.8, 4) is 0 Å². The number of hydrogen-bond donors (Lipinski definition) is 1. The summed E-state index contributed by atoms with van der Waals surface area (Å²) in [6.45, 7) is 1.87. The lowest BCUT2D eigenvalue weighted by atomic mass is 10.2. The van der Waals surface area contributed by atoms with Gasteiger partial charge in [0, 0.05) is 31.4 Å². The van der Waals surface area contributed by atoms with E-state index in [9.17, 15) is 9.18 Å². The van der Waals surface area contributed by atoms with Crippen LogP contribution in [0, 0.1) is 12.7 Å². The molecule has 24 heavy (non-hydrogen) atoms. The lowest BCUT2D eigenvalue weighted by Gasteiger charge is -2.12. The van der Waals surface area contributed by atoms with E-state index in [1.54, 1.807) is 18.2 Å². The number of carbonyl (C=O) groups is 1. The molecule has 0 radical (unpaired) electrons. The molecule has 126 valence electrons. The summed E-state index contributed by atoms with van der Waals surface area (Å²) in [5.74, 6) is 0.187. The molecule has 8 heteroatoms. The second-order valence-electron chi connectivity index (χ2n) is 5.15. The topological polar surface area (TPSA) is 70.5 Å². The average molecular weight is 347 g/mol. The summed E-state index contributed by atoms with van der Waals surface area (Å²) >= 11 is 1.21. The highest BCUT2D eigenvalue weighted by Gasteiger charge is 2.07. The highest BCUT2D eigenvalue weighted by atomic mass is 32.2. The number of aryl methyl sites for hydroxylation is 1. The zero-order chi connectivity index (χ0) is 17.5. The fourth-order valence-electron chi connectivity index (χ4n) is 1.73. The first-order valence-electron chi connectivity index (χ1n) is 7.18. The molecule has 0 spiro atoms. The van der Waals surface area contributed by atoms with Gasteiger partial charge in [0.2, 0.25) is 0 Å². The standard InChI is InChI=1S/C16H18FN5OS/c1-11-8-14(22(2)3)20-16(19-11)24-10-15(23)21-18-9-12-6-4-5-7-13(12)17/h4-9H,10H2,1-3H3,(H,21,23). The zero-order valence-electron chi connectivity index (χ0n) is 13.7. The van der Waals surface area contributed by atoms with Crippen molar-refractivity contribution in [1.29, 1.82) is 0 Å². The Kier molecular flexibility index (Phi) is 6.25. The molecule has 1 N–H and O–H groups in total. The average Bonchev–Trinajstić information content (AvgIpc) is 2.54. The van der Waals surface area contributed by atoms with E-state index in [0.717, 1.165) is 11.5 Å². The van der Waals surface area contributed by atoms with Gasteiger partial charge in [-0.1, -0.05) is 30.0 Å². The van der Waals surface area contributed by atoms with Gasteiger partial charge in [-0.2, -0.15) is 5.10 Å². The summed E-state index contributed by atoms with van der Waals surface area (Å²) < 4.78 is 13.4. The van der Waals surface area contributed by atoms with E-state index in [0.29, 0.717) is 10.7 Å². The molecule has 0 unspecified atom stereocenters. The quantitative estimate of drug-likeness (QED) is 0.376. The van der Waals surface area contributed by atoms with E-state index in [1.165, 1.54) is 24.0 Å². The molecular weight excluding hydrogens is 329 g/mol. The smallest absolute Gasteiger partial charge is 0.250 e. The number of thioether (sulfide) groups is 1. The molecular formula is C16H18FN5OS. The second kappa shape index (κ2) is 8.39. The molecule has 2 rings (SSSR count). The minimum atomic E-state index is -0.394. The molecule has 0 fully saturated rings. The van der Waals surface area contributed by atoms with Gasteiger partial charge in [-0.15, -0.1) is 0 Å². The van der Waals surface area contributed by atoms with Crippen LogP contribution < -0.4 is 10.3 Å². The van der Waals surface area contributed by atoms with Crippen LogP contribution >= 0.6 is 11.8 Å². The van der Waals surface area contributed by atoms with Crippen LogP contribution in [-0.2, 0) is 4.79 Å². The van der Waals surface area contributed by atoms with Gasteiger partial charge < -0.3 is 4.90 Å². The van der Waals surface area contributed by atoms with Crippen LogP contribution in [0.15, 0.2) is 40.6 Å². The van der Waals surface area contributed by atoms with Crippen molar-refractivity contribution < 1.29 is 9.18 Å². The minimum absolute atomic E-state index is 0.116. The van der Waals surface area contributed by atoms with Crippen LogP contribution in [0.5, 0.6) is 0 Å². The molecule has 0 aliphatic rings. The summed E-state index contributed by atoms with van der Waals surface area (Å²) in [6, 6.07) is 8.05. The number of nitrogens with one attached hydrogen (secondary N) is 1. The molecule has 0 bridgehead atoms. The first kappa shape index (κ1) is 17.9. The van der Waals surface area contributed by atoms with Crippen LogP contribution in [-0.4, -0.2) is 41.9 Å².